The maximum Gasteiger partial charge on any atom is 0.274 e. The molecule has 0 radical (unpaired) electrons. The largest absolute Gasteiger partial charge is 0.350 e. The standard InChI is InChI=1S/C21H24N2O4/c24-19(14-9-16-6-2-1-3-7-16)22-18-12-10-17(11-13-18)21(25)23-27-20-8-4-5-15-26-20/h1-3,6-7,10-13,20H,4-5,8-9,14-15H2,(H,22,24)(H,23,25)/t20-/m0/s1. The topological polar surface area (TPSA) is 76.7 Å². The first-order chi connectivity index (χ1) is 13.2. The molecule has 2 amide bonds. The summed E-state index contributed by atoms with van der Waals surface area (Å²) in [5.74, 6) is -0.403. The van der Waals surface area contributed by atoms with Crippen LogP contribution in [-0.2, 0) is 20.8 Å². The zero-order valence-corrected chi connectivity index (χ0v) is 15.1. The van der Waals surface area contributed by atoms with Gasteiger partial charge in [0.05, 0.1) is 0 Å². The number of hydroxylamine groups is 1. The Morgan fingerprint density at radius 1 is 1.04 bits per heavy atom. The van der Waals surface area contributed by atoms with Gasteiger partial charge in [-0.15, -0.1) is 0 Å². The maximum atomic E-state index is 12.1. The summed E-state index contributed by atoms with van der Waals surface area (Å²) in [5, 5.41) is 2.84. The lowest BCUT2D eigenvalue weighted by atomic mass is 10.1. The van der Waals surface area contributed by atoms with Gasteiger partial charge in [0.25, 0.3) is 5.91 Å². The van der Waals surface area contributed by atoms with E-state index in [0.29, 0.717) is 30.7 Å². The van der Waals surface area contributed by atoms with Gasteiger partial charge in [-0.25, -0.2) is 10.3 Å². The minimum Gasteiger partial charge on any atom is -0.350 e. The Labute approximate surface area is 158 Å². The summed E-state index contributed by atoms with van der Waals surface area (Å²) in [6, 6.07) is 16.6. The molecule has 0 spiro atoms. The summed E-state index contributed by atoms with van der Waals surface area (Å²) in [6.07, 6.45) is 3.53. The summed E-state index contributed by atoms with van der Waals surface area (Å²) < 4.78 is 5.40. The van der Waals surface area contributed by atoms with E-state index in [9.17, 15) is 9.59 Å². The van der Waals surface area contributed by atoms with Crippen molar-refractivity contribution in [3.05, 3.63) is 65.7 Å². The predicted octanol–water partition coefficient (Wildman–Crippen LogP) is 3.45. The molecular formula is C21H24N2O4. The fourth-order valence-corrected chi connectivity index (χ4v) is 2.81. The van der Waals surface area contributed by atoms with Crippen molar-refractivity contribution in [1.29, 1.82) is 0 Å². The number of benzene rings is 2. The number of hydrogen-bond donors (Lipinski definition) is 2. The molecule has 2 aromatic rings. The smallest absolute Gasteiger partial charge is 0.274 e. The van der Waals surface area contributed by atoms with Crippen molar-refractivity contribution in [2.24, 2.45) is 0 Å². The van der Waals surface area contributed by atoms with E-state index in [4.69, 9.17) is 9.57 Å². The molecule has 1 aliphatic rings. The second-order valence-electron chi connectivity index (χ2n) is 6.46. The lowest BCUT2D eigenvalue weighted by Crippen LogP contribution is -2.33. The molecule has 1 atom stereocenters. The molecule has 2 N–H and O–H groups in total. The first kappa shape index (κ1) is 19.1. The zero-order chi connectivity index (χ0) is 18.9. The third-order valence-electron chi connectivity index (χ3n) is 4.34. The molecule has 3 rings (SSSR count). The highest BCUT2D eigenvalue weighted by atomic mass is 16.8. The number of rotatable bonds is 7. The van der Waals surface area contributed by atoms with Gasteiger partial charge in [-0.3, -0.25) is 9.59 Å². The first-order valence-corrected chi connectivity index (χ1v) is 9.22. The maximum absolute atomic E-state index is 12.1. The predicted molar refractivity (Wildman–Crippen MR) is 102 cm³/mol. The number of hydrogen-bond acceptors (Lipinski definition) is 4. The number of amides is 2. The Hall–Kier alpha value is -2.70. The van der Waals surface area contributed by atoms with E-state index in [-0.39, 0.29) is 18.1 Å². The SMILES string of the molecule is O=C(CCc1ccccc1)Nc1ccc(C(=O)NO[C@H]2CCCCO2)cc1. The quantitative estimate of drug-likeness (QED) is 0.734. The molecule has 0 saturated carbocycles. The minimum atomic E-state index is -0.383. The van der Waals surface area contributed by atoms with E-state index < -0.39 is 0 Å². The number of aryl methyl sites for hydroxylation is 1. The van der Waals surface area contributed by atoms with Crippen molar-refractivity contribution in [2.75, 3.05) is 11.9 Å². The number of carbonyl (C=O) groups is 2. The molecule has 1 saturated heterocycles. The average molecular weight is 368 g/mol. The minimum absolute atomic E-state index is 0.0613. The molecule has 0 aliphatic carbocycles. The van der Waals surface area contributed by atoms with E-state index >= 15 is 0 Å². The summed E-state index contributed by atoms with van der Waals surface area (Å²) in [5.41, 5.74) is 4.65. The Kier molecular flexibility index (Phi) is 6.96. The Bertz CT molecular complexity index is 741. The van der Waals surface area contributed by atoms with Crippen LogP contribution in [0.25, 0.3) is 0 Å². The van der Waals surface area contributed by atoms with E-state index in [1.165, 1.54) is 0 Å². The van der Waals surface area contributed by atoms with Crippen molar-refractivity contribution >= 4 is 17.5 Å². The van der Waals surface area contributed by atoms with Crippen molar-refractivity contribution in [3.8, 4) is 0 Å². The average Bonchev–Trinajstić information content (AvgIpc) is 2.72. The normalized spacial score (nSPS) is 16.5. The third kappa shape index (κ3) is 6.20. The molecule has 6 heteroatoms. The zero-order valence-electron chi connectivity index (χ0n) is 15.1. The summed E-state index contributed by atoms with van der Waals surface area (Å²) in [4.78, 5) is 29.4. The van der Waals surface area contributed by atoms with Crippen LogP contribution in [0.4, 0.5) is 5.69 Å². The molecular weight excluding hydrogens is 344 g/mol. The number of ether oxygens (including phenoxy) is 1. The van der Waals surface area contributed by atoms with E-state index in [1.54, 1.807) is 24.3 Å². The van der Waals surface area contributed by atoms with Crippen molar-refractivity contribution in [3.63, 3.8) is 0 Å². The highest BCUT2D eigenvalue weighted by Gasteiger charge is 2.16. The number of anilines is 1. The Morgan fingerprint density at radius 2 is 1.81 bits per heavy atom. The van der Waals surface area contributed by atoms with E-state index in [2.05, 4.69) is 10.8 Å². The van der Waals surface area contributed by atoms with Gasteiger partial charge in [0.1, 0.15) is 0 Å². The van der Waals surface area contributed by atoms with Crippen LogP contribution in [0, 0.1) is 0 Å². The summed E-state index contributed by atoms with van der Waals surface area (Å²) >= 11 is 0. The lowest BCUT2D eigenvalue weighted by Gasteiger charge is -2.22. The summed E-state index contributed by atoms with van der Waals surface area (Å²) in [7, 11) is 0. The number of carbonyl (C=O) groups excluding carboxylic acids is 2. The molecule has 27 heavy (non-hydrogen) atoms. The lowest BCUT2D eigenvalue weighted by molar-refractivity contribution is -0.186. The molecule has 142 valence electrons. The third-order valence-corrected chi connectivity index (χ3v) is 4.34. The van der Waals surface area contributed by atoms with Crippen LogP contribution < -0.4 is 10.8 Å². The van der Waals surface area contributed by atoms with E-state index in [0.717, 1.165) is 24.8 Å². The van der Waals surface area contributed by atoms with Gasteiger partial charge >= 0.3 is 0 Å². The first-order valence-electron chi connectivity index (χ1n) is 9.22. The van der Waals surface area contributed by atoms with Gasteiger partial charge < -0.3 is 10.1 Å². The van der Waals surface area contributed by atoms with Crippen molar-refractivity contribution in [1.82, 2.24) is 5.48 Å². The molecule has 1 aliphatic heterocycles. The van der Waals surface area contributed by atoms with Crippen molar-refractivity contribution < 1.29 is 19.2 Å². The van der Waals surface area contributed by atoms with Crippen molar-refractivity contribution in [2.45, 2.75) is 38.4 Å². The molecule has 0 aromatic heterocycles. The molecule has 1 heterocycles. The highest BCUT2D eigenvalue weighted by Crippen LogP contribution is 2.14. The Balaban J connectivity index is 1.43. The molecule has 6 nitrogen and oxygen atoms in total. The van der Waals surface area contributed by atoms with Crippen LogP contribution in [-0.4, -0.2) is 24.7 Å². The van der Waals surface area contributed by atoms with Crippen LogP contribution in [0.2, 0.25) is 0 Å². The van der Waals surface area contributed by atoms with Gasteiger partial charge in [-0.1, -0.05) is 30.3 Å². The van der Waals surface area contributed by atoms with Gasteiger partial charge in [0.2, 0.25) is 5.91 Å². The van der Waals surface area contributed by atoms with Gasteiger partial charge in [-0.2, -0.15) is 0 Å². The molecule has 1 fully saturated rings. The molecule has 2 aromatic carbocycles. The second kappa shape index (κ2) is 9.85. The monoisotopic (exact) mass is 368 g/mol. The van der Waals surface area contributed by atoms with Crippen LogP contribution in [0.15, 0.2) is 54.6 Å². The fraction of sp³-hybridized carbons (Fsp3) is 0.333. The molecule has 0 unspecified atom stereocenters. The van der Waals surface area contributed by atoms with Crippen LogP contribution in [0.3, 0.4) is 0 Å². The summed E-state index contributed by atoms with van der Waals surface area (Å²) in [6.45, 7) is 0.652. The van der Waals surface area contributed by atoms with Crippen LogP contribution >= 0.6 is 0 Å². The second-order valence-corrected chi connectivity index (χ2v) is 6.46. The highest BCUT2D eigenvalue weighted by molar-refractivity contribution is 5.95. The van der Waals surface area contributed by atoms with Gasteiger partial charge in [0, 0.05) is 30.7 Å². The van der Waals surface area contributed by atoms with Gasteiger partial charge in [0.15, 0.2) is 6.29 Å². The number of nitrogens with one attached hydrogen (secondary N) is 2. The van der Waals surface area contributed by atoms with Crippen LogP contribution in [0.5, 0.6) is 0 Å². The Morgan fingerprint density at radius 3 is 2.52 bits per heavy atom. The van der Waals surface area contributed by atoms with E-state index in [1.807, 2.05) is 30.3 Å². The molecule has 0 bridgehead atoms. The van der Waals surface area contributed by atoms with Crippen LogP contribution in [0.1, 0.15) is 41.6 Å². The fourth-order valence-electron chi connectivity index (χ4n) is 2.81. The van der Waals surface area contributed by atoms with Gasteiger partial charge in [-0.05, 0) is 49.1 Å².